The molecule has 2 rings (SSSR count). The van der Waals surface area contributed by atoms with Crippen LogP contribution in [0.4, 0.5) is 5.69 Å². The Morgan fingerprint density at radius 2 is 1.92 bits per heavy atom. The number of nitro benzene ring substituents is 1. The number of nitro groups is 1. The number of hydrogen-bond donors (Lipinski definition) is 3. The Balaban J connectivity index is 1.81. The number of hydrogen-bond acceptors (Lipinski definition) is 5. The van der Waals surface area contributed by atoms with Crippen LogP contribution in [0, 0.1) is 10.1 Å². The molecule has 0 saturated heterocycles. The first kappa shape index (κ1) is 18.1. The van der Waals surface area contributed by atoms with Gasteiger partial charge in [-0.3, -0.25) is 25.8 Å². The highest BCUT2D eigenvalue weighted by atomic mass is 32.1. The van der Waals surface area contributed by atoms with Crippen LogP contribution in [0.15, 0.2) is 48.5 Å². The number of rotatable bonds is 5. The van der Waals surface area contributed by atoms with E-state index in [0.717, 1.165) is 11.3 Å². The third kappa shape index (κ3) is 5.43. The first-order valence-electron chi connectivity index (χ1n) is 7.21. The summed E-state index contributed by atoms with van der Waals surface area (Å²) in [6.07, 6.45) is 0. The van der Waals surface area contributed by atoms with Crippen molar-refractivity contribution in [2.45, 2.75) is 6.54 Å². The fourth-order valence-corrected chi connectivity index (χ4v) is 2.04. The van der Waals surface area contributed by atoms with E-state index in [2.05, 4.69) is 16.2 Å². The number of nitrogens with one attached hydrogen (secondary N) is 3. The zero-order valence-electron chi connectivity index (χ0n) is 13.3. The molecular formula is C16H16N4O4S. The molecule has 0 aliphatic carbocycles. The molecule has 1 amide bonds. The van der Waals surface area contributed by atoms with Crippen molar-refractivity contribution in [3.63, 3.8) is 0 Å². The molecule has 0 unspecified atom stereocenters. The van der Waals surface area contributed by atoms with Gasteiger partial charge in [-0.1, -0.05) is 18.2 Å². The normalized spacial score (nSPS) is 9.80. The summed E-state index contributed by atoms with van der Waals surface area (Å²) in [7, 11) is 1.59. The van der Waals surface area contributed by atoms with E-state index < -0.39 is 10.8 Å². The van der Waals surface area contributed by atoms with Gasteiger partial charge in [-0.2, -0.15) is 0 Å². The molecule has 8 nitrogen and oxygen atoms in total. The Morgan fingerprint density at radius 1 is 1.20 bits per heavy atom. The lowest BCUT2D eigenvalue weighted by Crippen LogP contribution is -2.46. The Bertz CT molecular complexity index is 780. The molecule has 130 valence electrons. The van der Waals surface area contributed by atoms with Crippen LogP contribution in [0.3, 0.4) is 0 Å². The van der Waals surface area contributed by atoms with E-state index in [1.165, 1.54) is 24.3 Å². The molecule has 0 heterocycles. The van der Waals surface area contributed by atoms with E-state index in [1.807, 2.05) is 24.3 Å². The summed E-state index contributed by atoms with van der Waals surface area (Å²) in [6.45, 7) is 0.461. The van der Waals surface area contributed by atoms with Crippen LogP contribution in [-0.2, 0) is 6.54 Å². The minimum atomic E-state index is -0.564. The van der Waals surface area contributed by atoms with Crippen LogP contribution < -0.4 is 20.9 Å². The first-order chi connectivity index (χ1) is 12.0. The van der Waals surface area contributed by atoms with Crippen LogP contribution in [-0.4, -0.2) is 23.1 Å². The third-order valence-electron chi connectivity index (χ3n) is 3.22. The fourth-order valence-electron chi connectivity index (χ4n) is 1.92. The second kappa shape index (κ2) is 8.60. The van der Waals surface area contributed by atoms with Crippen LogP contribution in [0.5, 0.6) is 5.75 Å². The number of carbonyl (C=O) groups excluding carboxylic acids is 1. The number of nitrogens with zero attached hydrogens (tertiary/aromatic N) is 1. The number of methoxy groups -OCH3 is 1. The number of benzene rings is 2. The minimum Gasteiger partial charge on any atom is -0.497 e. The molecule has 0 bridgehead atoms. The number of amides is 1. The molecule has 0 aromatic heterocycles. The Labute approximate surface area is 149 Å². The van der Waals surface area contributed by atoms with Gasteiger partial charge in [-0.15, -0.1) is 0 Å². The van der Waals surface area contributed by atoms with Crippen molar-refractivity contribution >= 4 is 28.9 Å². The molecule has 25 heavy (non-hydrogen) atoms. The van der Waals surface area contributed by atoms with Crippen molar-refractivity contribution in [1.82, 2.24) is 16.2 Å². The van der Waals surface area contributed by atoms with Crippen LogP contribution in [0.25, 0.3) is 0 Å². The highest BCUT2D eigenvalue weighted by Gasteiger charge is 2.11. The second-order valence-corrected chi connectivity index (χ2v) is 5.33. The SMILES string of the molecule is COc1ccc(CNC(=S)NNC(=O)c2cccc([N+](=O)[O-])c2)cc1. The molecule has 3 N–H and O–H groups in total. The highest BCUT2D eigenvalue weighted by molar-refractivity contribution is 7.80. The van der Waals surface area contributed by atoms with Crippen molar-refractivity contribution in [2.24, 2.45) is 0 Å². The number of ether oxygens (including phenoxy) is 1. The van der Waals surface area contributed by atoms with Gasteiger partial charge in [-0.25, -0.2) is 0 Å². The van der Waals surface area contributed by atoms with Gasteiger partial charge in [0.05, 0.1) is 12.0 Å². The Hall–Kier alpha value is -3.20. The molecule has 0 aliphatic rings. The summed E-state index contributed by atoms with van der Waals surface area (Å²) in [5.41, 5.74) is 5.91. The maximum Gasteiger partial charge on any atom is 0.270 e. The fraction of sp³-hybridized carbons (Fsp3) is 0.125. The van der Waals surface area contributed by atoms with Gasteiger partial charge in [0.15, 0.2) is 5.11 Å². The van der Waals surface area contributed by atoms with E-state index >= 15 is 0 Å². The minimum absolute atomic E-state index is 0.152. The van der Waals surface area contributed by atoms with E-state index in [1.54, 1.807) is 7.11 Å². The summed E-state index contributed by atoms with van der Waals surface area (Å²) in [5.74, 6) is 0.228. The monoisotopic (exact) mass is 360 g/mol. The van der Waals surface area contributed by atoms with Gasteiger partial charge in [0.2, 0.25) is 0 Å². The van der Waals surface area contributed by atoms with E-state index in [9.17, 15) is 14.9 Å². The van der Waals surface area contributed by atoms with E-state index in [4.69, 9.17) is 17.0 Å². The van der Waals surface area contributed by atoms with Gasteiger partial charge < -0.3 is 10.1 Å². The predicted octanol–water partition coefficient (Wildman–Crippen LogP) is 1.91. The second-order valence-electron chi connectivity index (χ2n) is 4.92. The zero-order chi connectivity index (χ0) is 18.2. The van der Waals surface area contributed by atoms with Gasteiger partial charge in [-0.05, 0) is 36.0 Å². The lowest BCUT2D eigenvalue weighted by atomic mass is 10.2. The quantitative estimate of drug-likeness (QED) is 0.425. The van der Waals surface area contributed by atoms with Crippen LogP contribution in [0.1, 0.15) is 15.9 Å². The average Bonchev–Trinajstić information content (AvgIpc) is 2.64. The molecule has 9 heteroatoms. The summed E-state index contributed by atoms with van der Waals surface area (Å²) in [5, 5.41) is 13.9. The topological polar surface area (TPSA) is 106 Å². The summed E-state index contributed by atoms with van der Waals surface area (Å²) < 4.78 is 5.08. The van der Waals surface area contributed by atoms with Crippen molar-refractivity contribution in [3.05, 3.63) is 69.8 Å². The van der Waals surface area contributed by atoms with Crippen molar-refractivity contribution in [2.75, 3.05) is 7.11 Å². The molecule has 0 spiro atoms. The average molecular weight is 360 g/mol. The summed E-state index contributed by atoms with van der Waals surface area (Å²) in [4.78, 5) is 22.1. The maximum atomic E-state index is 12.0. The number of thiocarbonyl (C=S) groups is 1. The largest absolute Gasteiger partial charge is 0.497 e. The number of hydrazine groups is 1. The van der Waals surface area contributed by atoms with Gasteiger partial charge >= 0.3 is 0 Å². The van der Waals surface area contributed by atoms with Crippen LogP contribution in [0.2, 0.25) is 0 Å². The highest BCUT2D eigenvalue weighted by Crippen LogP contribution is 2.13. The van der Waals surface area contributed by atoms with Crippen LogP contribution >= 0.6 is 12.2 Å². The lowest BCUT2D eigenvalue weighted by molar-refractivity contribution is -0.384. The Kier molecular flexibility index (Phi) is 6.24. The van der Waals surface area contributed by atoms with Crippen molar-refractivity contribution in [3.8, 4) is 5.75 Å². The molecule has 2 aromatic carbocycles. The number of non-ortho nitro benzene ring substituents is 1. The van der Waals surface area contributed by atoms with Crippen molar-refractivity contribution < 1.29 is 14.5 Å². The Morgan fingerprint density at radius 3 is 2.56 bits per heavy atom. The maximum absolute atomic E-state index is 12.0. The van der Waals surface area contributed by atoms with Gasteiger partial charge in [0, 0.05) is 24.2 Å². The molecule has 0 fully saturated rings. The third-order valence-corrected chi connectivity index (χ3v) is 3.47. The predicted molar refractivity (Wildman–Crippen MR) is 96.1 cm³/mol. The van der Waals surface area contributed by atoms with E-state index in [0.29, 0.717) is 6.54 Å². The molecule has 0 saturated carbocycles. The molecule has 0 atom stereocenters. The van der Waals surface area contributed by atoms with Crippen molar-refractivity contribution in [1.29, 1.82) is 0 Å². The molecule has 2 aromatic rings. The first-order valence-corrected chi connectivity index (χ1v) is 7.62. The van der Waals surface area contributed by atoms with Gasteiger partial charge in [0.25, 0.3) is 11.6 Å². The molecular weight excluding hydrogens is 344 g/mol. The summed E-state index contributed by atoms with van der Waals surface area (Å²) in [6, 6.07) is 12.8. The number of carbonyl (C=O) groups is 1. The summed E-state index contributed by atoms with van der Waals surface area (Å²) >= 11 is 5.07. The zero-order valence-corrected chi connectivity index (χ0v) is 14.1. The van der Waals surface area contributed by atoms with E-state index in [-0.39, 0.29) is 16.4 Å². The molecule has 0 aliphatic heterocycles. The smallest absolute Gasteiger partial charge is 0.270 e. The lowest BCUT2D eigenvalue weighted by Gasteiger charge is -2.12. The molecule has 0 radical (unpaired) electrons. The van der Waals surface area contributed by atoms with Gasteiger partial charge in [0.1, 0.15) is 5.75 Å². The standard InChI is InChI=1S/C16H16N4O4S/c1-24-14-7-5-11(6-8-14)10-17-16(25)19-18-15(21)12-3-2-4-13(9-12)20(22)23/h2-9H,10H2,1H3,(H,18,21)(H2,17,19,25).